The Bertz CT molecular complexity index is 483. The lowest BCUT2D eigenvalue weighted by Gasteiger charge is -2.01. The topological polar surface area (TPSA) is 66.4 Å². The van der Waals surface area contributed by atoms with Gasteiger partial charge in [0.05, 0.1) is 0 Å². The largest absolute Gasteiger partial charge is 0.478 e. The summed E-state index contributed by atoms with van der Waals surface area (Å²) >= 11 is 0. The van der Waals surface area contributed by atoms with Crippen molar-refractivity contribution in [3.05, 3.63) is 42.0 Å². The normalized spacial score (nSPS) is 9.69. The molecule has 0 fully saturated rings. The third kappa shape index (κ3) is 3.68. The zero-order chi connectivity index (χ0) is 12.0. The zero-order valence-corrected chi connectivity index (χ0v) is 8.31. The summed E-state index contributed by atoms with van der Waals surface area (Å²) in [6.07, 6.45) is 6.89. The molecule has 0 aliphatic rings. The number of hydrogen-bond donors (Lipinski definition) is 2. The van der Waals surface area contributed by atoms with Crippen molar-refractivity contribution in [2.75, 3.05) is 5.32 Å². The average Bonchev–Trinajstić information content (AvgIpc) is 2.26. The van der Waals surface area contributed by atoms with Gasteiger partial charge in [0.25, 0.3) is 0 Å². The molecule has 0 aliphatic carbocycles. The first-order chi connectivity index (χ1) is 7.61. The summed E-state index contributed by atoms with van der Waals surface area (Å²) in [4.78, 5) is 21.4. The number of amides is 1. The minimum atomic E-state index is -1.17. The van der Waals surface area contributed by atoms with Crippen LogP contribution in [0.15, 0.2) is 36.4 Å². The number of anilines is 1. The van der Waals surface area contributed by atoms with Crippen LogP contribution in [0.1, 0.15) is 5.56 Å². The van der Waals surface area contributed by atoms with Crippen molar-refractivity contribution in [3.63, 3.8) is 0 Å². The number of rotatable bonds is 3. The Labute approximate surface area is 92.6 Å². The van der Waals surface area contributed by atoms with Crippen LogP contribution in [0, 0.1) is 12.3 Å². The van der Waals surface area contributed by atoms with Gasteiger partial charge in [-0.3, -0.25) is 4.79 Å². The van der Waals surface area contributed by atoms with Gasteiger partial charge in [0, 0.05) is 23.4 Å². The molecule has 0 radical (unpaired) electrons. The highest BCUT2D eigenvalue weighted by Gasteiger charge is 1.98. The van der Waals surface area contributed by atoms with Crippen LogP contribution in [0.3, 0.4) is 0 Å². The fourth-order valence-corrected chi connectivity index (χ4v) is 1.02. The van der Waals surface area contributed by atoms with E-state index in [0.717, 1.165) is 12.2 Å². The fraction of sp³-hybridized carbons (Fsp3) is 0. The van der Waals surface area contributed by atoms with E-state index in [2.05, 4.69) is 11.2 Å². The molecule has 1 amide bonds. The first-order valence-corrected chi connectivity index (χ1v) is 4.40. The molecule has 0 aromatic heterocycles. The Hall–Kier alpha value is -2.54. The summed E-state index contributed by atoms with van der Waals surface area (Å²) < 4.78 is 0. The second-order valence-electron chi connectivity index (χ2n) is 2.89. The Morgan fingerprint density at radius 2 is 2.12 bits per heavy atom. The quantitative estimate of drug-likeness (QED) is 0.589. The molecular formula is C12H9NO3. The van der Waals surface area contributed by atoms with Crippen LogP contribution in [0.4, 0.5) is 5.69 Å². The molecule has 0 aliphatic heterocycles. The van der Waals surface area contributed by atoms with Crippen molar-refractivity contribution in [1.82, 2.24) is 0 Å². The molecule has 1 aromatic rings. The van der Waals surface area contributed by atoms with E-state index in [-0.39, 0.29) is 0 Å². The molecule has 0 heterocycles. The van der Waals surface area contributed by atoms with Gasteiger partial charge in [-0.05, 0) is 18.2 Å². The Morgan fingerprint density at radius 3 is 2.75 bits per heavy atom. The molecule has 4 nitrogen and oxygen atoms in total. The van der Waals surface area contributed by atoms with E-state index in [9.17, 15) is 9.59 Å². The first kappa shape index (κ1) is 11.5. The van der Waals surface area contributed by atoms with Gasteiger partial charge < -0.3 is 10.4 Å². The van der Waals surface area contributed by atoms with E-state index in [1.807, 2.05) is 0 Å². The monoisotopic (exact) mass is 215 g/mol. The van der Waals surface area contributed by atoms with E-state index in [4.69, 9.17) is 11.5 Å². The van der Waals surface area contributed by atoms with Crippen molar-refractivity contribution < 1.29 is 14.7 Å². The molecule has 0 spiro atoms. The maximum absolute atomic E-state index is 11.2. The van der Waals surface area contributed by atoms with Crippen molar-refractivity contribution in [2.24, 2.45) is 0 Å². The molecule has 0 saturated carbocycles. The molecule has 4 heteroatoms. The lowest BCUT2D eigenvalue weighted by atomic mass is 10.2. The van der Waals surface area contributed by atoms with Gasteiger partial charge >= 0.3 is 5.97 Å². The van der Waals surface area contributed by atoms with Crippen LogP contribution in [0.5, 0.6) is 0 Å². The molecule has 80 valence electrons. The average molecular weight is 215 g/mol. The van der Waals surface area contributed by atoms with Gasteiger partial charge in [-0.1, -0.05) is 12.0 Å². The highest BCUT2D eigenvalue weighted by molar-refractivity contribution is 6.02. The summed E-state index contributed by atoms with van der Waals surface area (Å²) in [5.74, 6) is 0.737. The highest BCUT2D eigenvalue weighted by Crippen LogP contribution is 2.09. The van der Waals surface area contributed by atoms with Crippen molar-refractivity contribution in [2.45, 2.75) is 0 Å². The van der Waals surface area contributed by atoms with Crippen LogP contribution < -0.4 is 5.32 Å². The first-order valence-electron chi connectivity index (χ1n) is 4.40. The zero-order valence-electron chi connectivity index (χ0n) is 8.31. The molecule has 2 N–H and O–H groups in total. The van der Waals surface area contributed by atoms with Crippen LogP contribution in [-0.4, -0.2) is 17.0 Å². The molecule has 1 rings (SSSR count). The number of hydrogen-bond acceptors (Lipinski definition) is 2. The number of terminal acetylenes is 1. The van der Waals surface area contributed by atoms with Crippen LogP contribution in [0.25, 0.3) is 0 Å². The molecule has 0 saturated heterocycles. The number of carboxylic acids is 1. The predicted molar refractivity (Wildman–Crippen MR) is 59.8 cm³/mol. The number of carbonyl (C=O) groups is 2. The van der Waals surface area contributed by atoms with Crippen molar-refractivity contribution in [3.8, 4) is 12.3 Å². The predicted octanol–water partition coefficient (Wildman–Crippen LogP) is 1.25. The van der Waals surface area contributed by atoms with Crippen molar-refractivity contribution >= 4 is 17.6 Å². The van der Waals surface area contributed by atoms with Crippen LogP contribution in [-0.2, 0) is 9.59 Å². The maximum Gasteiger partial charge on any atom is 0.328 e. The Balaban J connectivity index is 2.70. The summed E-state index contributed by atoms with van der Waals surface area (Å²) in [5.41, 5.74) is 1.16. The number of aliphatic carboxylic acids is 1. The van der Waals surface area contributed by atoms with Crippen molar-refractivity contribution in [1.29, 1.82) is 0 Å². The highest BCUT2D eigenvalue weighted by atomic mass is 16.4. The number of benzene rings is 1. The van der Waals surface area contributed by atoms with E-state index >= 15 is 0 Å². The van der Waals surface area contributed by atoms with Crippen LogP contribution in [0.2, 0.25) is 0 Å². The lowest BCUT2D eigenvalue weighted by Crippen LogP contribution is -2.08. The van der Waals surface area contributed by atoms with Gasteiger partial charge in [-0.15, -0.1) is 6.42 Å². The maximum atomic E-state index is 11.2. The summed E-state index contributed by atoms with van der Waals surface area (Å²) in [6.45, 7) is 0. The Kier molecular flexibility index (Phi) is 3.87. The Morgan fingerprint density at radius 1 is 1.38 bits per heavy atom. The summed E-state index contributed by atoms with van der Waals surface area (Å²) in [6, 6.07) is 6.70. The van der Waals surface area contributed by atoms with Crippen LogP contribution >= 0.6 is 0 Å². The van der Waals surface area contributed by atoms with Gasteiger partial charge in [0.15, 0.2) is 0 Å². The molecule has 16 heavy (non-hydrogen) atoms. The van der Waals surface area contributed by atoms with Gasteiger partial charge in [-0.2, -0.15) is 0 Å². The SMILES string of the molecule is C#Cc1cccc(NC(=O)/C=C/C(=O)O)c1. The van der Waals surface area contributed by atoms with E-state index in [0.29, 0.717) is 11.3 Å². The molecule has 0 unspecified atom stereocenters. The minimum Gasteiger partial charge on any atom is -0.478 e. The number of carbonyl (C=O) groups excluding carboxylic acids is 1. The van der Waals surface area contributed by atoms with E-state index in [1.165, 1.54) is 0 Å². The summed E-state index contributed by atoms with van der Waals surface area (Å²) in [7, 11) is 0. The molecule has 1 aromatic carbocycles. The third-order valence-corrected chi connectivity index (χ3v) is 1.67. The van der Waals surface area contributed by atoms with E-state index in [1.54, 1.807) is 24.3 Å². The minimum absolute atomic E-state index is 0.517. The smallest absolute Gasteiger partial charge is 0.328 e. The standard InChI is InChI=1S/C12H9NO3/c1-2-9-4-3-5-10(8-9)13-11(14)6-7-12(15)16/h1,3-8H,(H,13,14)(H,15,16)/b7-6+. The second-order valence-corrected chi connectivity index (χ2v) is 2.89. The number of carboxylic acid groups (broad SMARTS) is 1. The molecular weight excluding hydrogens is 206 g/mol. The van der Waals surface area contributed by atoms with E-state index < -0.39 is 11.9 Å². The summed E-state index contributed by atoms with van der Waals surface area (Å²) in [5, 5.41) is 10.8. The second kappa shape index (κ2) is 5.37. The lowest BCUT2D eigenvalue weighted by molar-refractivity contribution is -0.131. The van der Waals surface area contributed by atoms with Gasteiger partial charge in [0.1, 0.15) is 0 Å². The fourth-order valence-electron chi connectivity index (χ4n) is 1.02. The van der Waals surface area contributed by atoms with Gasteiger partial charge in [0.2, 0.25) is 5.91 Å². The third-order valence-electron chi connectivity index (χ3n) is 1.67. The number of nitrogens with one attached hydrogen (secondary N) is 1. The molecule has 0 atom stereocenters. The van der Waals surface area contributed by atoms with Gasteiger partial charge in [-0.25, -0.2) is 4.79 Å². The molecule has 0 bridgehead atoms.